The first kappa shape index (κ1) is 14.7. The van der Waals surface area contributed by atoms with Crippen molar-refractivity contribution >= 4 is 15.5 Å². The van der Waals surface area contributed by atoms with Gasteiger partial charge in [0.1, 0.15) is 11.9 Å². The number of ether oxygens (including phenoxy) is 1. The zero-order valence-corrected chi connectivity index (χ0v) is 12.9. The van der Waals surface area contributed by atoms with Crippen molar-refractivity contribution in [2.24, 2.45) is 5.73 Å². The molecule has 6 heteroatoms. The summed E-state index contributed by atoms with van der Waals surface area (Å²) in [5, 5.41) is 0. The minimum absolute atomic E-state index is 0.126. The molecular formula is C15H22N2O3S. The van der Waals surface area contributed by atoms with Gasteiger partial charge >= 0.3 is 0 Å². The van der Waals surface area contributed by atoms with Crippen molar-refractivity contribution in [1.29, 1.82) is 0 Å². The van der Waals surface area contributed by atoms with E-state index in [0.717, 1.165) is 37.4 Å². The highest BCUT2D eigenvalue weighted by atomic mass is 32.2. The van der Waals surface area contributed by atoms with Crippen LogP contribution >= 0.6 is 0 Å². The van der Waals surface area contributed by atoms with E-state index in [9.17, 15) is 8.42 Å². The average molecular weight is 310 g/mol. The lowest BCUT2D eigenvalue weighted by Gasteiger charge is -2.34. The maximum atomic E-state index is 11.6. The molecule has 21 heavy (non-hydrogen) atoms. The van der Waals surface area contributed by atoms with E-state index in [-0.39, 0.29) is 23.7 Å². The van der Waals surface area contributed by atoms with Crippen molar-refractivity contribution in [3.63, 3.8) is 0 Å². The van der Waals surface area contributed by atoms with Crippen LogP contribution in [0.5, 0.6) is 5.75 Å². The Morgan fingerprint density at radius 2 is 2.05 bits per heavy atom. The zero-order valence-electron chi connectivity index (χ0n) is 12.1. The fourth-order valence-corrected chi connectivity index (χ4v) is 4.67. The second-order valence-electron chi connectivity index (χ2n) is 5.96. The Bertz CT molecular complexity index is 603. The number of anilines is 1. The highest BCUT2D eigenvalue weighted by molar-refractivity contribution is 7.91. The summed E-state index contributed by atoms with van der Waals surface area (Å²) in [6.45, 7) is 1.79. The van der Waals surface area contributed by atoms with Crippen molar-refractivity contribution in [3.8, 4) is 5.75 Å². The van der Waals surface area contributed by atoms with Crippen LogP contribution in [-0.4, -0.2) is 45.2 Å². The second kappa shape index (κ2) is 5.85. The molecular weight excluding hydrogens is 288 g/mol. The third-order valence-electron chi connectivity index (χ3n) is 4.15. The number of nitrogens with two attached hydrogens (primary N) is 1. The van der Waals surface area contributed by atoms with Gasteiger partial charge < -0.3 is 15.4 Å². The van der Waals surface area contributed by atoms with Crippen molar-refractivity contribution in [1.82, 2.24) is 0 Å². The predicted molar refractivity (Wildman–Crippen MR) is 83.6 cm³/mol. The van der Waals surface area contributed by atoms with Crippen LogP contribution in [0.2, 0.25) is 0 Å². The van der Waals surface area contributed by atoms with Gasteiger partial charge in [-0.2, -0.15) is 0 Å². The minimum atomic E-state index is -2.92. The quantitative estimate of drug-likeness (QED) is 0.907. The number of benzene rings is 1. The van der Waals surface area contributed by atoms with E-state index < -0.39 is 9.84 Å². The maximum Gasteiger partial charge on any atom is 0.154 e. The number of rotatable bonds is 3. The Morgan fingerprint density at radius 3 is 2.76 bits per heavy atom. The number of para-hydroxylation sites is 2. The summed E-state index contributed by atoms with van der Waals surface area (Å²) in [6.07, 6.45) is 2.48. The van der Waals surface area contributed by atoms with Crippen molar-refractivity contribution in [3.05, 3.63) is 24.3 Å². The van der Waals surface area contributed by atoms with Gasteiger partial charge in [-0.1, -0.05) is 12.1 Å². The summed E-state index contributed by atoms with van der Waals surface area (Å²) in [7, 11) is -2.92. The lowest BCUT2D eigenvalue weighted by atomic mass is 10.1. The molecule has 2 N–H and O–H groups in total. The topological polar surface area (TPSA) is 72.6 Å². The maximum absolute atomic E-state index is 11.6. The van der Waals surface area contributed by atoms with Gasteiger partial charge in [-0.25, -0.2) is 8.42 Å². The predicted octanol–water partition coefficient (Wildman–Crippen LogP) is 1.18. The van der Waals surface area contributed by atoms with Crippen LogP contribution in [0.4, 0.5) is 5.69 Å². The van der Waals surface area contributed by atoms with E-state index in [4.69, 9.17) is 10.5 Å². The summed E-state index contributed by atoms with van der Waals surface area (Å²) < 4.78 is 29.1. The average Bonchev–Trinajstić information content (AvgIpc) is 2.78. The molecule has 0 saturated carbocycles. The highest BCUT2D eigenvalue weighted by Gasteiger charge is 2.30. The number of piperidine rings is 1. The lowest BCUT2D eigenvalue weighted by molar-refractivity contribution is 0.229. The van der Waals surface area contributed by atoms with Crippen LogP contribution in [0.25, 0.3) is 0 Å². The summed E-state index contributed by atoms with van der Waals surface area (Å²) in [4.78, 5) is 2.24. The normalized spacial score (nSPS) is 28.5. The molecule has 116 valence electrons. The van der Waals surface area contributed by atoms with E-state index >= 15 is 0 Å². The summed E-state index contributed by atoms with van der Waals surface area (Å²) in [5.74, 6) is 1.13. The first-order valence-electron chi connectivity index (χ1n) is 7.50. The standard InChI is InChI=1S/C15H22N2O3S/c16-12-4-3-8-17(10-12)14-5-1-2-6-15(14)20-13-7-9-21(18,19)11-13/h1-2,5-6,12-13H,3-4,7-11,16H2. The fourth-order valence-electron chi connectivity index (χ4n) is 3.08. The molecule has 2 saturated heterocycles. The van der Waals surface area contributed by atoms with Crippen molar-refractivity contribution < 1.29 is 13.2 Å². The van der Waals surface area contributed by atoms with E-state index in [2.05, 4.69) is 4.90 Å². The summed E-state index contributed by atoms with van der Waals surface area (Å²) in [5.41, 5.74) is 7.07. The molecule has 5 nitrogen and oxygen atoms in total. The van der Waals surface area contributed by atoms with Crippen LogP contribution in [-0.2, 0) is 9.84 Å². The van der Waals surface area contributed by atoms with Crippen LogP contribution in [0.15, 0.2) is 24.3 Å². The monoisotopic (exact) mass is 310 g/mol. The van der Waals surface area contributed by atoms with Gasteiger partial charge in [-0.15, -0.1) is 0 Å². The SMILES string of the molecule is NC1CCCN(c2ccccc2OC2CCS(=O)(=O)C2)C1. The Balaban J connectivity index is 1.76. The van der Waals surface area contributed by atoms with Gasteiger partial charge in [0, 0.05) is 19.1 Å². The Kier molecular flexibility index (Phi) is 4.08. The van der Waals surface area contributed by atoms with Gasteiger partial charge in [0.05, 0.1) is 17.2 Å². The molecule has 3 rings (SSSR count). The Labute approximate surface area is 126 Å². The van der Waals surface area contributed by atoms with Crippen molar-refractivity contribution in [2.45, 2.75) is 31.4 Å². The number of nitrogens with zero attached hydrogens (tertiary/aromatic N) is 1. The number of hydrogen-bond donors (Lipinski definition) is 1. The van der Waals surface area contributed by atoms with Gasteiger partial charge in [-0.05, 0) is 31.4 Å². The molecule has 1 aromatic carbocycles. The molecule has 2 unspecified atom stereocenters. The third kappa shape index (κ3) is 3.49. The minimum Gasteiger partial charge on any atom is -0.487 e. The lowest BCUT2D eigenvalue weighted by Crippen LogP contribution is -2.43. The molecule has 0 aromatic heterocycles. The molecule has 2 fully saturated rings. The zero-order chi connectivity index (χ0) is 14.9. The number of hydrogen-bond acceptors (Lipinski definition) is 5. The largest absolute Gasteiger partial charge is 0.487 e. The molecule has 0 amide bonds. The van der Waals surface area contributed by atoms with E-state index in [1.54, 1.807) is 0 Å². The van der Waals surface area contributed by atoms with Gasteiger partial charge in [0.2, 0.25) is 0 Å². The molecule has 2 heterocycles. The van der Waals surface area contributed by atoms with Gasteiger partial charge in [-0.3, -0.25) is 0 Å². The molecule has 2 aliphatic heterocycles. The van der Waals surface area contributed by atoms with E-state index in [1.807, 2.05) is 24.3 Å². The molecule has 0 bridgehead atoms. The third-order valence-corrected chi connectivity index (χ3v) is 5.89. The van der Waals surface area contributed by atoms with Gasteiger partial charge in [0.25, 0.3) is 0 Å². The fraction of sp³-hybridized carbons (Fsp3) is 0.600. The highest BCUT2D eigenvalue weighted by Crippen LogP contribution is 2.32. The van der Waals surface area contributed by atoms with Crippen LogP contribution in [0.1, 0.15) is 19.3 Å². The van der Waals surface area contributed by atoms with E-state index in [0.29, 0.717) is 6.42 Å². The number of sulfone groups is 1. The molecule has 0 aliphatic carbocycles. The second-order valence-corrected chi connectivity index (χ2v) is 8.19. The molecule has 2 aliphatic rings. The first-order chi connectivity index (χ1) is 10.0. The molecule has 1 aromatic rings. The molecule has 0 spiro atoms. The van der Waals surface area contributed by atoms with Crippen molar-refractivity contribution in [2.75, 3.05) is 29.5 Å². The van der Waals surface area contributed by atoms with E-state index in [1.165, 1.54) is 0 Å². The smallest absolute Gasteiger partial charge is 0.154 e. The first-order valence-corrected chi connectivity index (χ1v) is 9.32. The molecule has 0 radical (unpaired) electrons. The van der Waals surface area contributed by atoms with Crippen LogP contribution < -0.4 is 15.4 Å². The summed E-state index contributed by atoms with van der Waals surface area (Å²) in [6, 6.07) is 8.04. The van der Waals surface area contributed by atoms with Crippen LogP contribution in [0.3, 0.4) is 0 Å². The molecule has 2 atom stereocenters. The summed E-state index contributed by atoms with van der Waals surface area (Å²) >= 11 is 0. The van der Waals surface area contributed by atoms with Crippen LogP contribution in [0, 0.1) is 0 Å². The Hall–Kier alpha value is -1.27. The van der Waals surface area contributed by atoms with Gasteiger partial charge in [0.15, 0.2) is 9.84 Å². The Morgan fingerprint density at radius 1 is 1.24 bits per heavy atom.